The zero-order valence-corrected chi connectivity index (χ0v) is 10.9. The summed E-state index contributed by atoms with van der Waals surface area (Å²) >= 11 is 1.91. The molecule has 0 radical (unpaired) electrons. The van der Waals surface area contributed by atoms with Gasteiger partial charge in [-0.2, -0.15) is 0 Å². The molecule has 15 heavy (non-hydrogen) atoms. The van der Waals surface area contributed by atoms with Crippen molar-refractivity contribution in [2.24, 2.45) is 10.9 Å². The van der Waals surface area contributed by atoms with Gasteiger partial charge in [-0.3, -0.25) is 4.99 Å². The average Bonchev–Trinajstić information content (AvgIpc) is 2.30. The fraction of sp³-hybridized carbons (Fsp3) is 0.917. The van der Waals surface area contributed by atoms with Crippen LogP contribution in [0.4, 0.5) is 0 Å². The molecule has 0 saturated heterocycles. The highest BCUT2D eigenvalue weighted by Gasteiger charge is 2.18. The maximum Gasteiger partial charge on any atom is 0.0715 e. The summed E-state index contributed by atoms with van der Waals surface area (Å²) in [6.07, 6.45) is 8.13. The van der Waals surface area contributed by atoms with Gasteiger partial charge in [-0.25, -0.2) is 0 Å². The average molecular weight is 228 g/mol. The van der Waals surface area contributed by atoms with Crippen molar-refractivity contribution < 1.29 is 0 Å². The molecule has 1 saturated carbocycles. The highest BCUT2D eigenvalue weighted by molar-refractivity contribution is 8.13. The number of hydrogen-bond donors (Lipinski definition) is 1. The Morgan fingerprint density at radius 2 is 2.07 bits per heavy atom. The second kappa shape index (κ2) is 8.17. The van der Waals surface area contributed by atoms with Crippen LogP contribution in [0.2, 0.25) is 0 Å². The molecule has 0 spiro atoms. The molecule has 1 fully saturated rings. The first-order valence-corrected chi connectivity index (χ1v) is 7.17. The third-order valence-corrected chi connectivity index (χ3v) is 4.08. The fourth-order valence-electron chi connectivity index (χ4n) is 2.09. The van der Waals surface area contributed by atoms with Crippen molar-refractivity contribution >= 4 is 16.8 Å². The molecule has 0 amide bonds. The van der Waals surface area contributed by atoms with Gasteiger partial charge < -0.3 is 5.32 Å². The molecule has 0 bridgehead atoms. The minimum atomic E-state index is 0.761. The Bertz CT molecular complexity index is 186. The molecular formula is C12H24N2S. The van der Waals surface area contributed by atoms with Crippen LogP contribution in [0.5, 0.6) is 0 Å². The first kappa shape index (κ1) is 13.0. The Labute approximate surface area is 98.3 Å². The van der Waals surface area contributed by atoms with E-state index in [0.29, 0.717) is 0 Å². The van der Waals surface area contributed by atoms with Gasteiger partial charge in [0.15, 0.2) is 0 Å². The van der Waals surface area contributed by atoms with Crippen molar-refractivity contribution in [3.05, 3.63) is 0 Å². The molecule has 0 unspecified atom stereocenters. The lowest BCUT2D eigenvalue weighted by atomic mass is 9.90. The van der Waals surface area contributed by atoms with Crippen LogP contribution in [0.25, 0.3) is 0 Å². The SMILES string of the molecule is CCCNCSC(=NC)C1CCCCC1. The molecule has 1 aliphatic carbocycles. The molecule has 1 N–H and O–H groups in total. The summed E-state index contributed by atoms with van der Waals surface area (Å²) in [5.41, 5.74) is 0. The number of nitrogens with one attached hydrogen (secondary N) is 1. The van der Waals surface area contributed by atoms with E-state index in [-0.39, 0.29) is 0 Å². The van der Waals surface area contributed by atoms with E-state index >= 15 is 0 Å². The lowest BCUT2D eigenvalue weighted by molar-refractivity contribution is 0.443. The molecular weight excluding hydrogens is 204 g/mol. The predicted octanol–water partition coefficient (Wildman–Crippen LogP) is 3.29. The Kier molecular flexibility index (Phi) is 7.11. The zero-order valence-electron chi connectivity index (χ0n) is 10.1. The lowest BCUT2D eigenvalue weighted by Gasteiger charge is -2.22. The Morgan fingerprint density at radius 3 is 2.67 bits per heavy atom. The monoisotopic (exact) mass is 228 g/mol. The Balaban J connectivity index is 2.22. The van der Waals surface area contributed by atoms with E-state index in [4.69, 9.17) is 0 Å². The van der Waals surface area contributed by atoms with E-state index < -0.39 is 0 Å². The second-order valence-corrected chi connectivity index (χ2v) is 5.18. The van der Waals surface area contributed by atoms with Gasteiger partial charge in [-0.15, -0.1) is 0 Å². The van der Waals surface area contributed by atoms with E-state index in [2.05, 4.69) is 17.2 Å². The normalized spacial score (nSPS) is 19.5. The van der Waals surface area contributed by atoms with Gasteiger partial charge in [0.1, 0.15) is 0 Å². The number of aliphatic imine (C=N–C) groups is 1. The fourth-order valence-corrected chi connectivity index (χ4v) is 3.08. The van der Waals surface area contributed by atoms with Crippen LogP contribution in [-0.4, -0.2) is 24.5 Å². The number of hydrogen-bond acceptors (Lipinski definition) is 3. The van der Waals surface area contributed by atoms with E-state index in [1.54, 1.807) is 0 Å². The van der Waals surface area contributed by atoms with E-state index in [1.165, 1.54) is 43.6 Å². The smallest absolute Gasteiger partial charge is 0.0715 e. The maximum atomic E-state index is 4.45. The molecule has 1 aliphatic rings. The van der Waals surface area contributed by atoms with Gasteiger partial charge in [0.2, 0.25) is 0 Å². The van der Waals surface area contributed by atoms with Crippen molar-refractivity contribution in [1.82, 2.24) is 5.32 Å². The topological polar surface area (TPSA) is 24.4 Å². The van der Waals surface area contributed by atoms with Crippen molar-refractivity contribution in [1.29, 1.82) is 0 Å². The first-order chi connectivity index (χ1) is 7.38. The van der Waals surface area contributed by atoms with Crippen LogP contribution in [0.1, 0.15) is 45.4 Å². The highest BCUT2D eigenvalue weighted by atomic mass is 32.2. The Hall–Kier alpha value is -0.0200. The summed E-state index contributed by atoms with van der Waals surface area (Å²) in [4.78, 5) is 4.45. The quantitative estimate of drug-likeness (QED) is 0.338. The molecule has 0 aliphatic heterocycles. The summed E-state index contributed by atoms with van der Waals surface area (Å²) in [7, 11) is 1.94. The van der Waals surface area contributed by atoms with Gasteiger partial charge >= 0.3 is 0 Å². The minimum absolute atomic E-state index is 0.761. The maximum absolute atomic E-state index is 4.45. The lowest BCUT2D eigenvalue weighted by Crippen LogP contribution is -2.20. The van der Waals surface area contributed by atoms with Crippen LogP contribution in [0.15, 0.2) is 4.99 Å². The van der Waals surface area contributed by atoms with Crippen molar-refractivity contribution in [2.75, 3.05) is 19.5 Å². The first-order valence-electron chi connectivity index (χ1n) is 6.18. The summed E-state index contributed by atoms with van der Waals surface area (Å²) < 4.78 is 0. The van der Waals surface area contributed by atoms with Crippen LogP contribution in [-0.2, 0) is 0 Å². The summed E-state index contributed by atoms with van der Waals surface area (Å²) in [6, 6.07) is 0. The molecule has 0 atom stereocenters. The minimum Gasteiger partial charge on any atom is -0.308 e. The third kappa shape index (κ3) is 5.03. The second-order valence-electron chi connectivity index (χ2n) is 4.19. The van der Waals surface area contributed by atoms with Gasteiger partial charge in [0.05, 0.1) is 5.04 Å². The van der Waals surface area contributed by atoms with Crippen LogP contribution >= 0.6 is 11.8 Å². The Morgan fingerprint density at radius 1 is 1.33 bits per heavy atom. The van der Waals surface area contributed by atoms with E-state index in [1.807, 2.05) is 18.8 Å². The molecule has 0 heterocycles. The third-order valence-electron chi connectivity index (χ3n) is 2.92. The standard InChI is InChI=1S/C12H24N2S/c1-3-9-14-10-15-12(13-2)11-7-5-4-6-8-11/h11,14H,3-10H2,1-2H3. The number of rotatable bonds is 5. The molecule has 0 aromatic carbocycles. The number of nitrogens with zero attached hydrogens (tertiary/aromatic N) is 1. The largest absolute Gasteiger partial charge is 0.308 e. The van der Waals surface area contributed by atoms with Crippen LogP contribution in [0.3, 0.4) is 0 Å². The molecule has 88 valence electrons. The highest BCUT2D eigenvalue weighted by Crippen LogP contribution is 2.28. The van der Waals surface area contributed by atoms with Crippen LogP contribution < -0.4 is 5.32 Å². The summed E-state index contributed by atoms with van der Waals surface area (Å²) in [5, 5.41) is 4.79. The van der Waals surface area contributed by atoms with E-state index in [0.717, 1.165) is 18.3 Å². The molecule has 2 nitrogen and oxygen atoms in total. The van der Waals surface area contributed by atoms with Crippen molar-refractivity contribution in [3.8, 4) is 0 Å². The molecule has 3 heteroatoms. The van der Waals surface area contributed by atoms with Gasteiger partial charge in [0.25, 0.3) is 0 Å². The molecule has 1 rings (SSSR count). The summed E-state index contributed by atoms with van der Waals surface area (Å²) in [6.45, 7) is 3.32. The number of thioether (sulfide) groups is 1. The zero-order chi connectivity index (χ0) is 10.9. The predicted molar refractivity (Wildman–Crippen MR) is 70.7 cm³/mol. The molecule has 0 aromatic rings. The van der Waals surface area contributed by atoms with Gasteiger partial charge in [0, 0.05) is 18.8 Å². The van der Waals surface area contributed by atoms with Gasteiger partial charge in [-0.05, 0) is 25.8 Å². The summed E-state index contributed by atoms with van der Waals surface area (Å²) in [5.74, 6) is 1.79. The van der Waals surface area contributed by atoms with Gasteiger partial charge in [-0.1, -0.05) is 37.9 Å². The van der Waals surface area contributed by atoms with Crippen molar-refractivity contribution in [3.63, 3.8) is 0 Å². The van der Waals surface area contributed by atoms with E-state index in [9.17, 15) is 0 Å². The molecule has 0 aromatic heterocycles. The van der Waals surface area contributed by atoms with Crippen molar-refractivity contribution in [2.45, 2.75) is 45.4 Å². The van der Waals surface area contributed by atoms with Crippen LogP contribution in [0, 0.1) is 5.92 Å².